The molecule has 1 N–H and O–H groups in total. The Balaban J connectivity index is 2.55. The highest BCUT2D eigenvalue weighted by molar-refractivity contribution is 14.1. The lowest BCUT2D eigenvalue weighted by molar-refractivity contribution is -0.0363. The van der Waals surface area contributed by atoms with Gasteiger partial charge in [-0.1, -0.05) is 25.5 Å². The summed E-state index contributed by atoms with van der Waals surface area (Å²) in [6.45, 7) is 4.75. The predicted octanol–water partition coefficient (Wildman–Crippen LogP) is 3.40. The van der Waals surface area contributed by atoms with E-state index in [1.165, 1.54) is 9.13 Å². The van der Waals surface area contributed by atoms with Gasteiger partial charge in [0.05, 0.1) is 12.2 Å². The van der Waals surface area contributed by atoms with Gasteiger partial charge >= 0.3 is 0 Å². The minimum Gasteiger partial charge on any atom is -0.390 e. The van der Waals surface area contributed by atoms with Gasteiger partial charge in [0.1, 0.15) is 0 Å². The summed E-state index contributed by atoms with van der Waals surface area (Å²) in [4.78, 5) is 0. The lowest BCUT2D eigenvalue weighted by Gasteiger charge is -2.22. The van der Waals surface area contributed by atoms with Gasteiger partial charge < -0.3 is 9.84 Å². The standard InChI is InChI=1S/C14H21IO2/c1-3-5-14(17-4-2)13(16)10-11-6-8-12(15)9-7-11/h6-9,13-14,16H,3-5,10H2,1-2H3. The number of halogens is 1. The summed E-state index contributed by atoms with van der Waals surface area (Å²) >= 11 is 2.28. The molecule has 96 valence electrons. The smallest absolute Gasteiger partial charge is 0.0842 e. The fraction of sp³-hybridized carbons (Fsp3) is 0.571. The van der Waals surface area contributed by atoms with Gasteiger partial charge in [-0.25, -0.2) is 0 Å². The van der Waals surface area contributed by atoms with E-state index in [1.54, 1.807) is 0 Å². The lowest BCUT2D eigenvalue weighted by atomic mass is 10.0. The molecule has 0 bridgehead atoms. The molecule has 1 aromatic carbocycles. The molecule has 17 heavy (non-hydrogen) atoms. The zero-order valence-corrected chi connectivity index (χ0v) is 12.7. The van der Waals surface area contributed by atoms with Crippen molar-refractivity contribution < 1.29 is 9.84 Å². The van der Waals surface area contributed by atoms with Gasteiger partial charge in [0.2, 0.25) is 0 Å². The van der Waals surface area contributed by atoms with E-state index in [1.807, 2.05) is 6.92 Å². The normalized spacial score (nSPS) is 14.6. The molecule has 0 aliphatic rings. The van der Waals surface area contributed by atoms with Crippen molar-refractivity contribution >= 4 is 22.6 Å². The number of hydrogen-bond acceptors (Lipinski definition) is 2. The van der Waals surface area contributed by atoms with Crippen LogP contribution in [0, 0.1) is 3.57 Å². The summed E-state index contributed by atoms with van der Waals surface area (Å²) < 4.78 is 6.81. The van der Waals surface area contributed by atoms with Crippen LogP contribution in [0.1, 0.15) is 32.3 Å². The van der Waals surface area contributed by atoms with Gasteiger partial charge in [-0.05, 0) is 53.6 Å². The highest BCUT2D eigenvalue weighted by Gasteiger charge is 2.18. The van der Waals surface area contributed by atoms with E-state index in [9.17, 15) is 5.11 Å². The average Bonchev–Trinajstić information content (AvgIpc) is 2.32. The molecule has 0 amide bonds. The van der Waals surface area contributed by atoms with Gasteiger partial charge in [0, 0.05) is 16.6 Å². The summed E-state index contributed by atoms with van der Waals surface area (Å²) in [5.74, 6) is 0. The molecule has 0 saturated carbocycles. The van der Waals surface area contributed by atoms with Crippen LogP contribution >= 0.6 is 22.6 Å². The topological polar surface area (TPSA) is 29.5 Å². The SMILES string of the molecule is CCCC(OCC)C(O)Cc1ccc(I)cc1. The Morgan fingerprint density at radius 1 is 1.24 bits per heavy atom. The third kappa shape index (κ3) is 5.36. The molecule has 2 unspecified atom stereocenters. The van der Waals surface area contributed by atoms with Crippen molar-refractivity contribution in [2.45, 2.75) is 45.3 Å². The van der Waals surface area contributed by atoms with Gasteiger partial charge in [-0.3, -0.25) is 0 Å². The molecule has 2 nitrogen and oxygen atoms in total. The number of hydrogen-bond donors (Lipinski definition) is 1. The van der Waals surface area contributed by atoms with E-state index in [2.05, 4.69) is 53.8 Å². The Kier molecular flexibility index (Phi) is 7.08. The first-order valence-electron chi connectivity index (χ1n) is 6.21. The van der Waals surface area contributed by atoms with E-state index in [-0.39, 0.29) is 6.10 Å². The fourth-order valence-corrected chi connectivity index (χ4v) is 2.24. The minimum atomic E-state index is -0.407. The molecule has 0 fully saturated rings. The quantitative estimate of drug-likeness (QED) is 0.766. The molecule has 0 aliphatic carbocycles. The molecule has 0 aliphatic heterocycles. The van der Waals surface area contributed by atoms with Crippen molar-refractivity contribution in [3.8, 4) is 0 Å². The molecule has 0 heterocycles. The van der Waals surface area contributed by atoms with Gasteiger partial charge in [0.15, 0.2) is 0 Å². The third-order valence-corrected chi connectivity index (χ3v) is 3.46. The molecule has 1 rings (SSSR count). The van der Waals surface area contributed by atoms with E-state index in [0.29, 0.717) is 13.0 Å². The molecule has 0 aromatic heterocycles. The summed E-state index contributed by atoms with van der Waals surface area (Å²) in [6.07, 6.45) is 2.18. The molecule has 1 aromatic rings. The van der Waals surface area contributed by atoms with E-state index >= 15 is 0 Å². The van der Waals surface area contributed by atoms with Crippen LogP contribution in [0.15, 0.2) is 24.3 Å². The largest absolute Gasteiger partial charge is 0.390 e. The first-order valence-corrected chi connectivity index (χ1v) is 7.29. The monoisotopic (exact) mass is 348 g/mol. The lowest BCUT2D eigenvalue weighted by Crippen LogP contribution is -2.30. The van der Waals surface area contributed by atoms with Crippen LogP contribution in [0.4, 0.5) is 0 Å². The Bertz CT molecular complexity index is 305. The summed E-state index contributed by atoms with van der Waals surface area (Å²) in [7, 11) is 0. The Labute approximate surface area is 118 Å². The highest BCUT2D eigenvalue weighted by atomic mass is 127. The molecule has 0 radical (unpaired) electrons. The van der Waals surface area contributed by atoms with Crippen molar-refractivity contribution in [2.75, 3.05) is 6.61 Å². The van der Waals surface area contributed by atoms with Crippen molar-refractivity contribution in [2.24, 2.45) is 0 Å². The predicted molar refractivity (Wildman–Crippen MR) is 79.2 cm³/mol. The zero-order chi connectivity index (χ0) is 12.7. The van der Waals surface area contributed by atoms with Crippen LogP contribution in [0.25, 0.3) is 0 Å². The molecule has 2 atom stereocenters. The Morgan fingerprint density at radius 2 is 1.88 bits per heavy atom. The fourth-order valence-electron chi connectivity index (χ4n) is 1.88. The van der Waals surface area contributed by atoms with E-state index in [4.69, 9.17) is 4.74 Å². The van der Waals surface area contributed by atoms with Crippen molar-refractivity contribution in [3.63, 3.8) is 0 Å². The third-order valence-electron chi connectivity index (χ3n) is 2.74. The number of rotatable bonds is 7. The summed E-state index contributed by atoms with van der Waals surface area (Å²) in [6, 6.07) is 8.27. The molecule has 3 heteroatoms. The first kappa shape index (κ1) is 14.9. The Hall–Kier alpha value is -0.130. The highest BCUT2D eigenvalue weighted by Crippen LogP contribution is 2.14. The van der Waals surface area contributed by atoms with Crippen molar-refractivity contribution in [3.05, 3.63) is 33.4 Å². The second kappa shape index (κ2) is 8.06. The number of aliphatic hydroxyl groups excluding tert-OH is 1. The first-order chi connectivity index (χ1) is 8.17. The van der Waals surface area contributed by atoms with Crippen LogP contribution in [0.2, 0.25) is 0 Å². The van der Waals surface area contributed by atoms with Crippen molar-refractivity contribution in [1.82, 2.24) is 0 Å². The summed E-state index contributed by atoms with van der Waals surface area (Å²) in [5.41, 5.74) is 1.17. The number of aliphatic hydroxyl groups is 1. The van der Waals surface area contributed by atoms with Crippen LogP contribution in [-0.4, -0.2) is 23.9 Å². The van der Waals surface area contributed by atoms with E-state index < -0.39 is 6.10 Å². The average molecular weight is 348 g/mol. The van der Waals surface area contributed by atoms with Crippen LogP contribution < -0.4 is 0 Å². The second-order valence-electron chi connectivity index (χ2n) is 4.18. The number of benzene rings is 1. The zero-order valence-electron chi connectivity index (χ0n) is 10.5. The van der Waals surface area contributed by atoms with Crippen LogP contribution in [-0.2, 0) is 11.2 Å². The molecule has 0 spiro atoms. The van der Waals surface area contributed by atoms with Gasteiger partial charge in [-0.15, -0.1) is 0 Å². The minimum absolute atomic E-state index is 0.0377. The van der Waals surface area contributed by atoms with Crippen LogP contribution in [0.3, 0.4) is 0 Å². The maximum absolute atomic E-state index is 10.2. The summed E-state index contributed by atoms with van der Waals surface area (Å²) in [5, 5.41) is 10.2. The maximum Gasteiger partial charge on any atom is 0.0842 e. The van der Waals surface area contributed by atoms with E-state index in [0.717, 1.165) is 12.8 Å². The van der Waals surface area contributed by atoms with Crippen molar-refractivity contribution in [1.29, 1.82) is 0 Å². The maximum atomic E-state index is 10.2. The molecular weight excluding hydrogens is 327 g/mol. The molecular formula is C14H21IO2. The van der Waals surface area contributed by atoms with Gasteiger partial charge in [0.25, 0.3) is 0 Å². The number of ether oxygens (including phenoxy) is 1. The molecule has 0 saturated heterocycles. The Morgan fingerprint density at radius 3 is 2.41 bits per heavy atom. The van der Waals surface area contributed by atoms with Crippen LogP contribution in [0.5, 0.6) is 0 Å². The van der Waals surface area contributed by atoms with Gasteiger partial charge in [-0.2, -0.15) is 0 Å². The second-order valence-corrected chi connectivity index (χ2v) is 5.43.